The Morgan fingerprint density at radius 1 is 1.55 bits per heavy atom. The van der Waals surface area contributed by atoms with Crippen LogP contribution < -0.4 is 0 Å². The lowest BCUT2D eigenvalue weighted by molar-refractivity contribution is -0.132. The van der Waals surface area contributed by atoms with Crippen LogP contribution in [0.5, 0.6) is 0 Å². The summed E-state index contributed by atoms with van der Waals surface area (Å²) in [4.78, 5) is 9.85. The van der Waals surface area contributed by atoms with Gasteiger partial charge in [0.25, 0.3) is 0 Å². The monoisotopic (exact) mass is 168 g/mol. The molecule has 0 spiro atoms. The Morgan fingerprint density at radius 3 is 2.27 bits per heavy atom. The van der Waals surface area contributed by atoms with Crippen LogP contribution >= 0.6 is 0 Å². The summed E-state index contributed by atoms with van der Waals surface area (Å²) in [6, 6.07) is 0. The highest BCUT2D eigenvalue weighted by atomic mass is 19.4. The maximum absolute atomic E-state index is 11.5. The number of carbonyl (C=O) groups is 1. The molecule has 0 aliphatic rings. The average Bonchev–Trinajstić information content (AvgIpc) is 1.53. The normalized spacial score (nSPS) is 13.3. The fourth-order valence-electron chi connectivity index (χ4n) is 0.578. The molecule has 64 valence electrons. The van der Waals surface area contributed by atoms with E-state index in [9.17, 15) is 18.0 Å². The van der Waals surface area contributed by atoms with Crippen molar-refractivity contribution in [2.45, 2.75) is 19.5 Å². The third-order valence-corrected chi connectivity index (χ3v) is 0.849. The van der Waals surface area contributed by atoms with Crippen LogP contribution in [0.2, 0.25) is 0 Å². The van der Waals surface area contributed by atoms with Crippen LogP contribution in [0, 0.1) is 0 Å². The Hall–Kier alpha value is -1.00. The number of allylic oxidation sites excluding steroid dienone is 1. The second kappa shape index (κ2) is 3.41. The zero-order valence-corrected chi connectivity index (χ0v) is 5.77. The van der Waals surface area contributed by atoms with Crippen LogP contribution in [-0.2, 0) is 4.79 Å². The maximum Gasteiger partial charge on any atom is 0.392 e. The van der Waals surface area contributed by atoms with Crippen LogP contribution in [0.3, 0.4) is 0 Å². The lowest BCUT2D eigenvalue weighted by Crippen LogP contribution is -2.08. The highest BCUT2D eigenvalue weighted by Gasteiger charge is 2.27. The molecule has 0 heterocycles. The van der Waals surface area contributed by atoms with E-state index < -0.39 is 18.6 Å². The number of hydrogen-bond acceptors (Lipinski definition) is 1. The van der Waals surface area contributed by atoms with E-state index in [-0.39, 0.29) is 5.57 Å². The van der Waals surface area contributed by atoms with Gasteiger partial charge in [0.2, 0.25) is 0 Å². The van der Waals surface area contributed by atoms with Gasteiger partial charge in [0.1, 0.15) is 0 Å². The molecule has 1 N–H and O–H groups in total. The van der Waals surface area contributed by atoms with Gasteiger partial charge < -0.3 is 5.11 Å². The number of alkyl halides is 3. The van der Waals surface area contributed by atoms with Gasteiger partial charge in [-0.05, 0) is 6.92 Å². The molecule has 0 unspecified atom stereocenters. The molecule has 0 aliphatic heterocycles. The van der Waals surface area contributed by atoms with Gasteiger partial charge in [0, 0.05) is 6.08 Å². The second-order valence-corrected chi connectivity index (χ2v) is 2.12. The molecule has 0 rings (SSSR count). The van der Waals surface area contributed by atoms with Gasteiger partial charge in [-0.1, -0.05) is 5.57 Å². The number of hydrogen-bond donors (Lipinski definition) is 1. The van der Waals surface area contributed by atoms with E-state index in [2.05, 4.69) is 0 Å². The molecule has 0 fully saturated rings. The molecule has 0 aromatic rings. The highest BCUT2D eigenvalue weighted by Crippen LogP contribution is 2.23. The lowest BCUT2D eigenvalue weighted by atomic mass is 10.2. The summed E-state index contributed by atoms with van der Waals surface area (Å²) in [6.07, 6.45) is -4.94. The van der Waals surface area contributed by atoms with E-state index in [1.54, 1.807) is 0 Å². The van der Waals surface area contributed by atoms with Gasteiger partial charge in [-0.15, -0.1) is 0 Å². The molecule has 5 heteroatoms. The van der Waals surface area contributed by atoms with Crippen LogP contribution in [0.4, 0.5) is 13.2 Å². The minimum absolute atomic E-state index is 0.204. The van der Waals surface area contributed by atoms with Gasteiger partial charge in [0.05, 0.1) is 6.42 Å². The minimum atomic E-state index is -4.32. The first-order chi connectivity index (χ1) is 4.81. The van der Waals surface area contributed by atoms with Gasteiger partial charge >= 0.3 is 12.1 Å². The largest absolute Gasteiger partial charge is 0.478 e. The molecule has 0 aliphatic carbocycles. The molecule has 2 nitrogen and oxygen atoms in total. The van der Waals surface area contributed by atoms with Crippen LogP contribution in [-0.4, -0.2) is 17.3 Å². The third-order valence-electron chi connectivity index (χ3n) is 0.849. The third kappa shape index (κ3) is 6.89. The summed E-state index contributed by atoms with van der Waals surface area (Å²) in [6.45, 7) is 1.13. The number of carboxylic acid groups (broad SMARTS) is 1. The first kappa shape index (κ1) is 10.0. The van der Waals surface area contributed by atoms with Crippen LogP contribution in [0.15, 0.2) is 11.6 Å². The van der Waals surface area contributed by atoms with Crippen molar-refractivity contribution in [1.82, 2.24) is 0 Å². The van der Waals surface area contributed by atoms with Crippen molar-refractivity contribution in [3.63, 3.8) is 0 Å². The lowest BCUT2D eigenvalue weighted by Gasteiger charge is -2.04. The number of carboxylic acids is 1. The molecule has 0 aromatic carbocycles. The smallest absolute Gasteiger partial charge is 0.392 e. The molecular weight excluding hydrogens is 161 g/mol. The number of halogens is 3. The highest BCUT2D eigenvalue weighted by molar-refractivity contribution is 5.80. The van der Waals surface area contributed by atoms with Crippen LogP contribution in [0.1, 0.15) is 13.3 Å². The fourth-order valence-corrected chi connectivity index (χ4v) is 0.578. The summed E-state index contributed by atoms with van der Waals surface area (Å²) in [5.74, 6) is -1.35. The summed E-state index contributed by atoms with van der Waals surface area (Å²) in [7, 11) is 0. The van der Waals surface area contributed by atoms with Gasteiger partial charge in [-0.3, -0.25) is 0 Å². The summed E-state index contributed by atoms with van der Waals surface area (Å²) in [5, 5.41) is 8.04. The van der Waals surface area contributed by atoms with Crippen molar-refractivity contribution in [3.05, 3.63) is 11.6 Å². The maximum atomic E-state index is 11.5. The van der Waals surface area contributed by atoms with E-state index in [1.165, 1.54) is 0 Å². The predicted molar refractivity (Wildman–Crippen MR) is 32.1 cm³/mol. The fraction of sp³-hybridized carbons (Fsp3) is 0.500. The predicted octanol–water partition coefficient (Wildman–Crippen LogP) is 1.97. The Kier molecular flexibility index (Phi) is 3.10. The SMILES string of the molecule is C/C(=C/C(=O)O)CC(F)(F)F. The van der Waals surface area contributed by atoms with Crippen molar-refractivity contribution < 1.29 is 23.1 Å². The van der Waals surface area contributed by atoms with E-state index >= 15 is 0 Å². The molecular formula is C6H7F3O2. The van der Waals surface area contributed by atoms with E-state index in [1.807, 2.05) is 0 Å². The molecule has 0 amide bonds. The van der Waals surface area contributed by atoms with Crippen molar-refractivity contribution >= 4 is 5.97 Å². The minimum Gasteiger partial charge on any atom is -0.478 e. The van der Waals surface area contributed by atoms with Gasteiger partial charge in [0.15, 0.2) is 0 Å². The number of aliphatic carboxylic acids is 1. The molecule has 0 bridgehead atoms. The molecule has 0 aromatic heterocycles. The van der Waals surface area contributed by atoms with Crippen molar-refractivity contribution in [1.29, 1.82) is 0 Å². The Bertz CT molecular complexity index is 181. The standard InChI is InChI=1S/C6H7F3O2/c1-4(2-5(10)11)3-6(7,8)9/h2H,3H2,1H3,(H,10,11)/b4-2-. The van der Waals surface area contributed by atoms with Crippen molar-refractivity contribution in [3.8, 4) is 0 Å². The first-order valence-corrected chi connectivity index (χ1v) is 2.78. The molecule has 0 saturated carbocycles. The summed E-state index contributed by atoms with van der Waals surface area (Å²) >= 11 is 0. The Labute approximate surface area is 61.3 Å². The molecule has 0 atom stereocenters. The topological polar surface area (TPSA) is 37.3 Å². The quantitative estimate of drug-likeness (QED) is 0.640. The van der Waals surface area contributed by atoms with E-state index in [0.29, 0.717) is 6.08 Å². The van der Waals surface area contributed by atoms with E-state index in [4.69, 9.17) is 5.11 Å². The van der Waals surface area contributed by atoms with Crippen molar-refractivity contribution in [2.75, 3.05) is 0 Å². The zero-order valence-electron chi connectivity index (χ0n) is 5.77. The van der Waals surface area contributed by atoms with Gasteiger partial charge in [-0.25, -0.2) is 4.79 Å². The molecule has 0 saturated heterocycles. The van der Waals surface area contributed by atoms with Crippen LogP contribution in [0.25, 0.3) is 0 Å². The Balaban J connectivity index is 4.07. The molecule has 11 heavy (non-hydrogen) atoms. The second-order valence-electron chi connectivity index (χ2n) is 2.12. The first-order valence-electron chi connectivity index (χ1n) is 2.78. The summed E-state index contributed by atoms with van der Waals surface area (Å²) in [5.41, 5.74) is -0.204. The van der Waals surface area contributed by atoms with Crippen molar-refractivity contribution in [2.24, 2.45) is 0 Å². The number of rotatable bonds is 2. The van der Waals surface area contributed by atoms with E-state index in [0.717, 1.165) is 6.92 Å². The van der Waals surface area contributed by atoms with Gasteiger partial charge in [-0.2, -0.15) is 13.2 Å². The zero-order chi connectivity index (χ0) is 9.07. The Morgan fingerprint density at radius 2 is 2.00 bits per heavy atom. The molecule has 0 radical (unpaired) electrons. The average molecular weight is 168 g/mol. The summed E-state index contributed by atoms with van der Waals surface area (Å²) < 4.78 is 34.6.